The van der Waals surface area contributed by atoms with Gasteiger partial charge in [-0.3, -0.25) is 28.2 Å². The Morgan fingerprint density at radius 2 is 1.22 bits per heavy atom. The Balaban J connectivity index is 2.53. The van der Waals surface area contributed by atoms with E-state index in [1.54, 1.807) is 79.3 Å². The summed E-state index contributed by atoms with van der Waals surface area (Å²) in [6.07, 6.45) is 0.0823. The van der Waals surface area contributed by atoms with Crippen molar-refractivity contribution in [2.75, 3.05) is 13.1 Å². The first-order valence-corrected chi connectivity index (χ1v) is 22.2. The molecule has 0 spiro atoms. The van der Waals surface area contributed by atoms with Crippen molar-refractivity contribution in [2.24, 2.45) is 0 Å². The number of amides is 3. The van der Waals surface area contributed by atoms with Gasteiger partial charge in [-0.1, -0.05) is 51.7 Å². The number of ether oxygens (including phenoxy) is 1. The molecule has 0 aliphatic rings. The summed E-state index contributed by atoms with van der Waals surface area (Å²) in [5.74, 6) is -2.40. The van der Waals surface area contributed by atoms with Crippen LogP contribution in [-0.2, 0) is 45.3 Å². The van der Waals surface area contributed by atoms with Gasteiger partial charge in [0, 0.05) is 31.5 Å². The van der Waals surface area contributed by atoms with Crippen LogP contribution in [0.5, 0.6) is 5.75 Å². The second-order valence-corrected chi connectivity index (χ2v) is 19.3. The van der Waals surface area contributed by atoms with Crippen LogP contribution in [0.25, 0.3) is 0 Å². The smallest absolute Gasteiger partial charge is 0.460 e. The number of nitrogens with one attached hydrogen (secondary N) is 2. The third kappa shape index (κ3) is 20.1. The molecule has 2 N–H and O–H groups in total. The highest BCUT2D eigenvalue weighted by molar-refractivity contribution is 7.49. The summed E-state index contributed by atoms with van der Waals surface area (Å²) in [5, 5.41) is 5.43. The molecule has 0 aliphatic heterocycles. The first kappa shape index (κ1) is 52.2. The van der Waals surface area contributed by atoms with E-state index in [2.05, 4.69) is 10.6 Å². The molecule has 0 aliphatic carbocycles. The lowest BCUT2D eigenvalue weighted by atomic mass is 10.0. The highest BCUT2D eigenvalue weighted by atomic mass is 31.2. The summed E-state index contributed by atoms with van der Waals surface area (Å²) in [6, 6.07) is 7.17. The number of phosphoric ester groups is 1. The van der Waals surface area contributed by atoms with Gasteiger partial charge in [-0.15, -0.1) is 0 Å². The van der Waals surface area contributed by atoms with E-state index in [0.29, 0.717) is 18.7 Å². The SMILES string of the molecule is CCCCCN(CCCCC)C(=O)[C@H](CCC(=O)OC(C)(C)C)NC(=O)[C@H](Cc1ccc(OP(=O)(OC(C)(C)C)OC(C)(C)C)cc1)NC(=O)c1ccc(C(F)(F)F)cc1. The van der Waals surface area contributed by atoms with Gasteiger partial charge in [0.2, 0.25) is 11.8 Å². The second-order valence-electron chi connectivity index (χ2n) is 17.8. The van der Waals surface area contributed by atoms with Crippen LogP contribution in [0.1, 0.15) is 149 Å². The molecule has 2 aromatic carbocycles. The summed E-state index contributed by atoms with van der Waals surface area (Å²) >= 11 is 0. The maximum Gasteiger partial charge on any atom is 0.531 e. The number of carbonyl (C=O) groups is 4. The van der Waals surface area contributed by atoms with Crippen molar-refractivity contribution in [1.82, 2.24) is 15.5 Å². The summed E-state index contributed by atoms with van der Waals surface area (Å²) in [6.45, 7) is 20.4. The topological polar surface area (TPSA) is 150 Å². The average molecular weight is 870 g/mol. The zero-order chi connectivity index (χ0) is 45.5. The Kier molecular flexibility index (Phi) is 19.8. The minimum Gasteiger partial charge on any atom is -0.460 e. The van der Waals surface area contributed by atoms with Crippen molar-refractivity contribution in [1.29, 1.82) is 0 Å². The molecule has 0 heterocycles. The molecule has 0 unspecified atom stereocenters. The highest BCUT2D eigenvalue weighted by Gasteiger charge is 2.39. The lowest BCUT2D eigenvalue weighted by molar-refractivity contribution is -0.155. The molecule has 60 heavy (non-hydrogen) atoms. The predicted molar refractivity (Wildman–Crippen MR) is 225 cm³/mol. The monoisotopic (exact) mass is 869 g/mol. The number of alkyl halides is 3. The van der Waals surface area contributed by atoms with Gasteiger partial charge in [-0.05, 0) is 124 Å². The standard InChI is InChI=1S/C44H67F3N3O9P/c1-12-14-16-28-50(29-17-15-13-2)40(54)35(26-27-37(51)56-41(3,4)5)48-39(53)36(49-38(52)32-20-22-33(23-21-32)44(45,46)47)30-31-18-24-34(25-19-31)57-60(55,58-42(6,7)8)59-43(9,10)11/h18-25,35-36H,12-17,26-30H2,1-11H3,(H,48,53)(H,49,52)/t35-,36-/m0/s1. The predicted octanol–water partition coefficient (Wildman–Crippen LogP) is 9.98. The Bertz CT molecular complexity index is 1700. The molecule has 2 aromatic rings. The Labute approximate surface area is 354 Å². The molecule has 0 saturated carbocycles. The molecular formula is C44H67F3N3O9P. The molecule has 12 nitrogen and oxygen atoms in total. The Morgan fingerprint density at radius 1 is 0.700 bits per heavy atom. The molecule has 0 saturated heterocycles. The fourth-order valence-corrected chi connectivity index (χ4v) is 7.72. The number of halogens is 3. The molecule has 2 rings (SSSR count). The van der Waals surface area contributed by atoms with E-state index >= 15 is 0 Å². The molecule has 0 radical (unpaired) electrons. The molecule has 0 fully saturated rings. The quantitative estimate of drug-likeness (QED) is 0.0670. The van der Waals surface area contributed by atoms with Crippen molar-refractivity contribution >= 4 is 31.5 Å². The number of nitrogens with zero attached hydrogens (tertiary/aromatic N) is 1. The van der Waals surface area contributed by atoms with Crippen LogP contribution in [0.15, 0.2) is 48.5 Å². The lowest BCUT2D eigenvalue weighted by Crippen LogP contribution is -2.55. The molecule has 2 atom stereocenters. The molecule has 3 amide bonds. The second kappa shape index (κ2) is 22.8. The summed E-state index contributed by atoms with van der Waals surface area (Å²) in [4.78, 5) is 56.6. The van der Waals surface area contributed by atoms with Gasteiger partial charge in [0.25, 0.3) is 5.91 Å². The van der Waals surface area contributed by atoms with Crippen molar-refractivity contribution in [2.45, 2.75) is 169 Å². The van der Waals surface area contributed by atoms with Crippen LogP contribution in [0.2, 0.25) is 0 Å². The highest BCUT2D eigenvalue weighted by Crippen LogP contribution is 2.55. The van der Waals surface area contributed by atoms with Crippen LogP contribution in [0, 0.1) is 0 Å². The number of carbonyl (C=O) groups excluding carboxylic acids is 4. The Hall–Kier alpha value is -3.94. The van der Waals surface area contributed by atoms with Crippen molar-refractivity contribution in [3.05, 3.63) is 65.2 Å². The van der Waals surface area contributed by atoms with Crippen LogP contribution in [0.4, 0.5) is 13.2 Å². The van der Waals surface area contributed by atoms with Gasteiger partial charge >= 0.3 is 20.0 Å². The van der Waals surface area contributed by atoms with Crippen molar-refractivity contribution in [3.63, 3.8) is 0 Å². The number of phosphoric acid groups is 1. The Morgan fingerprint density at radius 3 is 1.67 bits per heavy atom. The minimum absolute atomic E-state index is 0.0868. The number of unbranched alkanes of at least 4 members (excludes halogenated alkanes) is 4. The van der Waals surface area contributed by atoms with Gasteiger partial charge in [0.05, 0.1) is 16.8 Å². The number of hydrogen-bond donors (Lipinski definition) is 2. The maximum absolute atomic E-state index is 14.3. The first-order valence-electron chi connectivity index (χ1n) is 20.7. The van der Waals surface area contributed by atoms with E-state index < -0.39 is 66.2 Å². The van der Waals surface area contributed by atoms with Gasteiger partial charge < -0.3 is 24.8 Å². The number of benzene rings is 2. The van der Waals surface area contributed by atoms with Crippen LogP contribution in [0.3, 0.4) is 0 Å². The number of esters is 1. The third-order valence-corrected chi connectivity index (χ3v) is 10.5. The molecule has 0 aromatic heterocycles. The van der Waals surface area contributed by atoms with E-state index in [9.17, 15) is 36.9 Å². The fourth-order valence-electron chi connectivity index (χ4n) is 5.88. The van der Waals surface area contributed by atoms with E-state index in [1.165, 1.54) is 12.1 Å². The molecule has 0 bridgehead atoms. The maximum atomic E-state index is 14.3. The van der Waals surface area contributed by atoms with Crippen molar-refractivity contribution < 1.29 is 55.2 Å². The van der Waals surface area contributed by atoms with Gasteiger partial charge in [-0.25, -0.2) is 4.57 Å². The molecule has 338 valence electrons. The van der Waals surface area contributed by atoms with Gasteiger partial charge in [0.15, 0.2) is 0 Å². The van der Waals surface area contributed by atoms with E-state index in [1.807, 2.05) is 13.8 Å². The average Bonchev–Trinajstić information content (AvgIpc) is 3.10. The normalized spacial score (nSPS) is 13.6. The van der Waals surface area contributed by atoms with Crippen LogP contribution < -0.4 is 15.2 Å². The summed E-state index contributed by atoms with van der Waals surface area (Å²) < 4.78 is 76.3. The lowest BCUT2D eigenvalue weighted by Gasteiger charge is -2.30. The van der Waals surface area contributed by atoms with Crippen molar-refractivity contribution in [3.8, 4) is 5.75 Å². The molecular weight excluding hydrogens is 802 g/mol. The zero-order valence-corrected chi connectivity index (χ0v) is 38.1. The first-order chi connectivity index (χ1) is 27.6. The van der Waals surface area contributed by atoms with Crippen LogP contribution in [-0.4, -0.2) is 70.6 Å². The summed E-state index contributed by atoms with van der Waals surface area (Å²) in [5.41, 5.74) is -3.14. The van der Waals surface area contributed by atoms with E-state index in [4.69, 9.17) is 18.3 Å². The van der Waals surface area contributed by atoms with E-state index in [-0.39, 0.29) is 36.5 Å². The van der Waals surface area contributed by atoms with E-state index in [0.717, 1.165) is 62.8 Å². The molecule has 16 heteroatoms. The fraction of sp³-hybridized carbons (Fsp3) is 0.636. The van der Waals surface area contributed by atoms with Crippen LogP contribution >= 0.6 is 7.82 Å². The zero-order valence-electron chi connectivity index (χ0n) is 37.3. The summed E-state index contributed by atoms with van der Waals surface area (Å²) in [7, 11) is -4.15. The number of hydrogen-bond acceptors (Lipinski definition) is 9. The van der Waals surface area contributed by atoms with Gasteiger partial charge in [-0.2, -0.15) is 13.2 Å². The minimum atomic E-state index is -4.62. The van der Waals surface area contributed by atoms with Gasteiger partial charge in [0.1, 0.15) is 23.4 Å². The number of rotatable bonds is 22. The third-order valence-electron chi connectivity index (χ3n) is 8.49. The largest absolute Gasteiger partial charge is 0.531 e.